The van der Waals surface area contributed by atoms with E-state index in [1.807, 2.05) is 12.1 Å². The number of halogens is 1. The Labute approximate surface area is 115 Å². The highest BCUT2D eigenvalue weighted by molar-refractivity contribution is 6.30. The molecule has 0 aliphatic heterocycles. The van der Waals surface area contributed by atoms with Crippen molar-refractivity contribution in [3.63, 3.8) is 0 Å². The van der Waals surface area contributed by atoms with Gasteiger partial charge in [0.15, 0.2) is 0 Å². The quantitative estimate of drug-likeness (QED) is 0.907. The molecule has 2 aromatic rings. The van der Waals surface area contributed by atoms with E-state index in [4.69, 9.17) is 22.6 Å². The Morgan fingerprint density at radius 1 is 1.21 bits per heavy atom. The number of nitriles is 2. The summed E-state index contributed by atoms with van der Waals surface area (Å²) in [5.74, 6) is 0.139. The molecule has 0 saturated heterocycles. The van der Waals surface area contributed by atoms with E-state index in [1.54, 1.807) is 30.3 Å². The number of rotatable bonds is 2. The molecular weight excluding hydrogens is 260 g/mol. The van der Waals surface area contributed by atoms with Gasteiger partial charge in [0.25, 0.3) is 0 Å². The third-order valence-electron chi connectivity index (χ3n) is 2.63. The topological polar surface area (TPSA) is 86.5 Å². The summed E-state index contributed by atoms with van der Waals surface area (Å²) in [6.07, 6.45) is 0.149. The van der Waals surface area contributed by atoms with Crippen molar-refractivity contribution in [2.45, 2.75) is 6.42 Å². The Morgan fingerprint density at radius 3 is 2.47 bits per heavy atom. The lowest BCUT2D eigenvalue weighted by molar-refractivity contribution is 1.12. The number of anilines is 1. The fourth-order valence-corrected chi connectivity index (χ4v) is 1.89. The molecule has 0 atom stereocenters. The Morgan fingerprint density at radius 2 is 1.89 bits per heavy atom. The van der Waals surface area contributed by atoms with Crippen LogP contribution in [0.5, 0.6) is 0 Å². The van der Waals surface area contributed by atoms with Crippen LogP contribution in [0.25, 0.3) is 11.1 Å². The Balaban J connectivity index is 2.64. The van der Waals surface area contributed by atoms with Gasteiger partial charge in [0, 0.05) is 10.6 Å². The second-order valence-corrected chi connectivity index (χ2v) is 4.31. The van der Waals surface area contributed by atoms with Crippen LogP contribution in [0, 0.1) is 22.7 Å². The molecule has 0 aliphatic rings. The number of pyridine rings is 1. The minimum Gasteiger partial charge on any atom is -0.383 e. The lowest BCUT2D eigenvalue weighted by Gasteiger charge is -2.08. The van der Waals surface area contributed by atoms with Crippen molar-refractivity contribution in [1.29, 1.82) is 10.5 Å². The summed E-state index contributed by atoms with van der Waals surface area (Å²) < 4.78 is 0. The summed E-state index contributed by atoms with van der Waals surface area (Å²) in [4.78, 5) is 4.04. The van der Waals surface area contributed by atoms with Crippen molar-refractivity contribution in [3.8, 4) is 23.3 Å². The van der Waals surface area contributed by atoms with E-state index in [1.165, 1.54) is 0 Å². The third-order valence-corrected chi connectivity index (χ3v) is 2.88. The maximum atomic E-state index is 9.17. The largest absolute Gasteiger partial charge is 0.383 e. The smallest absolute Gasteiger partial charge is 0.142 e. The van der Waals surface area contributed by atoms with E-state index in [9.17, 15) is 5.26 Å². The average molecular weight is 269 g/mol. The molecule has 0 amide bonds. The molecule has 5 heteroatoms. The molecule has 92 valence electrons. The summed E-state index contributed by atoms with van der Waals surface area (Å²) in [7, 11) is 0. The van der Waals surface area contributed by atoms with Crippen LogP contribution in [-0.4, -0.2) is 4.98 Å². The van der Waals surface area contributed by atoms with Gasteiger partial charge in [-0.15, -0.1) is 0 Å². The van der Waals surface area contributed by atoms with Gasteiger partial charge in [0.2, 0.25) is 0 Å². The van der Waals surface area contributed by atoms with Crippen LogP contribution in [0.3, 0.4) is 0 Å². The van der Waals surface area contributed by atoms with Crippen molar-refractivity contribution in [3.05, 3.63) is 46.6 Å². The molecule has 2 rings (SSSR count). The minimum absolute atomic E-state index is 0.139. The monoisotopic (exact) mass is 268 g/mol. The van der Waals surface area contributed by atoms with Gasteiger partial charge >= 0.3 is 0 Å². The molecule has 0 aliphatic carbocycles. The number of nitrogens with two attached hydrogens (primary N) is 1. The van der Waals surface area contributed by atoms with E-state index < -0.39 is 0 Å². The fourth-order valence-electron chi connectivity index (χ4n) is 1.77. The maximum absolute atomic E-state index is 9.17. The first-order valence-corrected chi connectivity index (χ1v) is 5.86. The first-order chi connectivity index (χ1) is 9.15. The summed E-state index contributed by atoms with van der Waals surface area (Å²) >= 11 is 5.84. The number of hydrogen-bond donors (Lipinski definition) is 1. The van der Waals surface area contributed by atoms with Crippen molar-refractivity contribution >= 4 is 17.4 Å². The third kappa shape index (κ3) is 2.65. The highest BCUT2D eigenvalue weighted by atomic mass is 35.5. The second-order valence-electron chi connectivity index (χ2n) is 3.87. The number of nitrogens with zero attached hydrogens (tertiary/aromatic N) is 3. The normalized spacial score (nSPS) is 9.63. The molecule has 0 spiro atoms. The molecule has 0 radical (unpaired) electrons. The predicted octanol–water partition coefficient (Wildman–Crippen LogP) is 2.92. The summed E-state index contributed by atoms with van der Waals surface area (Å²) in [6, 6.07) is 12.8. The number of aromatic nitrogens is 1. The Kier molecular flexibility index (Phi) is 3.66. The standard InChI is InChI=1S/C14H9ClN4/c15-10-3-1-9(2-4-10)12-7-11(5-6-16)19-14(18)13(12)8-17/h1-4,7H,5H2,(H2,18,19). The number of nitrogen functional groups attached to an aromatic ring is 1. The van der Waals surface area contributed by atoms with Crippen molar-refractivity contribution in [2.75, 3.05) is 5.73 Å². The van der Waals surface area contributed by atoms with Crippen LogP contribution in [0.4, 0.5) is 5.82 Å². The van der Waals surface area contributed by atoms with Gasteiger partial charge in [0.05, 0.1) is 18.2 Å². The zero-order chi connectivity index (χ0) is 13.8. The number of benzene rings is 1. The van der Waals surface area contributed by atoms with Crippen LogP contribution < -0.4 is 5.73 Å². The van der Waals surface area contributed by atoms with Gasteiger partial charge in [0.1, 0.15) is 17.5 Å². The maximum Gasteiger partial charge on any atom is 0.142 e. The molecule has 0 bridgehead atoms. The Hall–Kier alpha value is -2.56. The van der Waals surface area contributed by atoms with Gasteiger partial charge in [-0.05, 0) is 23.8 Å². The highest BCUT2D eigenvalue weighted by Crippen LogP contribution is 2.28. The Bertz CT molecular complexity index is 693. The first kappa shape index (κ1) is 12.9. The summed E-state index contributed by atoms with van der Waals surface area (Å²) in [5.41, 5.74) is 8.09. The van der Waals surface area contributed by atoms with Crippen LogP contribution in [0.2, 0.25) is 5.02 Å². The van der Waals surface area contributed by atoms with Crippen LogP contribution in [0.15, 0.2) is 30.3 Å². The molecular formula is C14H9ClN4. The molecule has 0 saturated carbocycles. The second kappa shape index (κ2) is 5.39. The van der Waals surface area contributed by atoms with Crippen molar-refractivity contribution < 1.29 is 0 Å². The molecule has 4 nitrogen and oxygen atoms in total. The summed E-state index contributed by atoms with van der Waals surface area (Å²) in [6.45, 7) is 0. The zero-order valence-electron chi connectivity index (χ0n) is 9.89. The summed E-state index contributed by atoms with van der Waals surface area (Å²) in [5, 5.41) is 18.5. The molecule has 2 N–H and O–H groups in total. The minimum atomic E-state index is 0.139. The molecule has 1 heterocycles. The predicted molar refractivity (Wildman–Crippen MR) is 73.1 cm³/mol. The van der Waals surface area contributed by atoms with Gasteiger partial charge < -0.3 is 5.73 Å². The SMILES string of the molecule is N#CCc1cc(-c2ccc(Cl)cc2)c(C#N)c(N)n1. The molecule has 1 aromatic carbocycles. The van der Waals surface area contributed by atoms with Gasteiger partial charge in [-0.3, -0.25) is 0 Å². The number of hydrogen-bond acceptors (Lipinski definition) is 4. The van der Waals surface area contributed by atoms with Gasteiger partial charge in [-0.1, -0.05) is 23.7 Å². The van der Waals surface area contributed by atoms with Gasteiger partial charge in [-0.25, -0.2) is 4.98 Å². The van der Waals surface area contributed by atoms with Crippen LogP contribution >= 0.6 is 11.6 Å². The molecule has 1 aromatic heterocycles. The van der Waals surface area contributed by atoms with E-state index in [0.29, 0.717) is 21.8 Å². The van der Waals surface area contributed by atoms with Crippen LogP contribution in [-0.2, 0) is 6.42 Å². The van der Waals surface area contributed by atoms with Crippen molar-refractivity contribution in [2.24, 2.45) is 0 Å². The molecule has 19 heavy (non-hydrogen) atoms. The zero-order valence-corrected chi connectivity index (χ0v) is 10.6. The first-order valence-electron chi connectivity index (χ1n) is 5.48. The lowest BCUT2D eigenvalue weighted by atomic mass is 10.00. The van der Waals surface area contributed by atoms with Crippen molar-refractivity contribution in [1.82, 2.24) is 4.98 Å². The van der Waals surface area contributed by atoms with Crippen LogP contribution in [0.1, 0.15) is 11.3 Å². The highest BCUT2D eigenvalue weighted by Gasteiger charge is 2.12. The average Bonchev–Trinajstić information content (AvgIpc) is 2.39. The van der Waals surface area contributed by atoms with Gasteiger partial charge in [-0.2, -0.15) is 10.5 Å². The lowest BCUT2D eigenvalue weighted by Crippen LogP contribution is -2.01. The molecule has 0 unspecified atom stereocenters. The molecule has 0 fully saturated rings. The van der Waals surface area contributed by atoms with E-state index in [0.717, 1.165) is 5.56 Å². The van der Waals surface area contributed by atoms with E-state index >= 15 is 0 Å². The van der Waals surface area contributed by atoms with E-state index in [2.05, 4.69) is 4.98 Å². The fraction of sp³-hybridized carbons (Fsp3) is 0.0714. The van der Waals surface area contributed by atoms with E-state index in [-0.39, 0.29) is 12.2 Å².